The van der Waals surface area contributed by atoms with Crippen LogP contribution in [0.5, 0.6) is 0 Å². The van der Waals surface area contributed by atoms with Crippen LogP contribution in [0.25, 0.3) is 6.08 Å². The SMILES string of the molecule is CN(Cc1cccc(Cl)c1Cl)C(=O)/C=C/c1ccc(Cl)cc1Cl. The average Bonchev–Trinajstić information content (AvgIpc) is 2.50. The van der Waals surface area contributed by atoms with E-state index in [0.717, 1.165) is 11.1 Å². The maximum atomic E-state index is 12.2. The summed E-state index contributed by atoms with van der Waals surface area (Å²) in [6, 6.07) is 10.4. The van der Waals surface area contributed by atoms with Crippen LogP contribution in [0.1, 0.15) is 11.1 Å². The van der Waals surface area contributed by atoms with Crippen LogP contribution < -0.4 is 0 Å². The Labute approximate surface area is 155 Å². The summed E-state index contributed by atoms with van der Waals surface area (Å²) in [6.45, 7) is 0.358. The Kier molecular flexibility index (Phi) is 6.37. The second-order valence-electron chi connectivity index (χ2n) is 4.91. The topological polar surface area (TPSA) is 20.3 Å². The lowest BCUT2D eigenvalue weighted by Crippen LogP contribution is -2.24. The van der Waals surface area contributed by atoms with Gasteiger partial charge in [0, 0.05) is 29.7 Å². The molecule has 6 heteroatoms. The number of rotatable bonds is 4. The van der Waals surface area contributed by atoms with Crippen LogP contribution in [0.2, 0.25) is 20.1 Å². The maximum Gasteiger partial charge on any atom is 0.246 e. The minimum atomic E-state index is -0.174. The number of hydrogen-bond donors (Lipinski definition) is 0. The summed E-state index contributed by atoms with van der Waals surface area (Å²) >= 11 is 24.0. The number of nitrogens with zero attached hydrogens (tertiary/aromatic N) is 1. The number of hydrogen-bond acceptors (Lipinski definition) is 1. The Balaban J connectivity index is 2.08. The van der Waals surface area contributed by atoms with Gasteiger partial charge in [0.1, 0.15) is 0 Å². The van der Waals surface area contributed by atoms with Crippen molar-refractivity contribution in [2.75, 3.05) is 7.05 Å². The van der Waals surface area contributed by atoms with Gasteiger partial charge in [0.15, 0.2) is 0 Å². The van der Waals surface area contributed by atoms with Crippen molar-refractivity contribution in [2.24, 2.45) is 0 Å². The number of likely N-dealkylation sites (N-methyl/N-ethyl adjacent to an activating group) is 1. The predicted octanol–water partition coefficient (Wildman–Crippen LogP) is 5.97. The van der Waals surface area contributed by atoms with Gasteiger partial charge in [-0.3, -0.25) is 4.79 Å². The van der Waals surface area contributed by atoms with Gasteiger partial charge >= 0.3 is 0 Å². The molecule has 0 unspecified atom stereocenters. The van der Waals surface area contributed by atoms with Crippen molar-refractivity contribution in [2.45, 2.75) is 6.54 Å². The largest absolute Gasteiger partial charge is 0.338 e. The third kappa shape index (κ3) is 4.89. The molecular weight excluding hydrogens is 376 g/mol. The summed E-state index contributed by atoms with van der Waals surface area (Å²) < 4.78 is 0. The zero-order valence-electron chi connectivity index (χ0n) is 12.2. The van der Waals surface area contributed by atoms with Crippen LogP contribution in [0.15, 0.2) is 42.5 Å². The van der Waals surface area contributed by atoms with Gasteiger partial charge in [0.25, 0.3) is 0 Å². The first-order valence-electron chi connectivity index (χ1n) is 6.69. The smallest absolute Gasteiger partial charge is 0.246 e. The Morgan fingerprint density at radius 2 is 1.83 bits per heavy atom. The molecule has 0 aromatic heterocycles. The molecule has 1 amide bonds. The molecular formula is C17H13Cl4NO. The molecule has 0 fully saturated rings. The summed E-state index contributed by atoms with van der Waals surface area (Å²) in [7, 11) is 1.69. The highest BCUT2D eigenvalue weighted by molar-refractivity contribution is 6.42. The zero-order chi connectivity index (χ0) is 17.0. The van der Waals surface area contributed by atoms with Crippen LogP contribution >= 0.6 is 46.4 Å². The van der Waals surface area contributed by atoms with Crippen LogP contribution in [-0.2, 0) is 11.3 Å². The fourth-order valence-corrected chi connectivity index (χ4v) is 2.78. The predicted molar refractivity (Wildman–Crippen MR) is 98.4 cm³/mol. The van der Waals surface area contributed by atoms with Gasteiger partial charge in [-0.15, -0.1) is 0 Å². The van der Waals surface area contributed by atoms with Gasteiger partial charge in [-0.25, -0.2) is 0 Å². The number of benzene rings is 2. The molecule has 0 aliphatic carbocycles. The highest BCUT2D eigenvalue weighted by Crippen LogP contribution is 2.26. The summed E-state index contributed by atoms with van der Waals surface area (Å²) in [5, 5.41) is 1.96. The lowest BCUT2D eigenvalue weighted by Gasteiger charge is -2.16. The standard InChI is InChI=1S/C17H13Cl4NO/c1-22(10-12-3-2-4-14(19)17(12)21)16(23)8-6-11-5-7-13(18)9-15(11)20/h2-9H,10H2,1H3/b8-6+. The third-order valence-electron chi connectivity index (χ3n) is 3.18. The molecule has 120 valence electrons. The molecule has 0 radical (unpaired) electrons. The summed E-state index contributed by atoms with van der Waals surface area (Å²) in [5.74, 6) is -0.174. The second kappa shape index (κ2) is 8.07. The van der Waals surface area contributed by atoms with E-state index >= 15 is 0 Å². The van der Waals surface area contributed by atoms with Crippen molar-refractivity contribution in [3.8, 4) is 0 Å². The van der Waals surface area contributed by atoms with Crippen molar-refractivity contribution in [3.63, 3.8) is 0 Å². The number of carbonyl (C=O) groups is 1. The third-order valence-corrected chi connectivity index (χ3v) is 4.60. The molecule has 0 saturated carbocycles. The van der Waals surface area contributed by atoms with Gasteiger partial charge in [0.05, 0.1) is 10.0 Å². The second-order valence-corrected chi connectivity index (χ2v) is 6.54. The summed E-state index contributed by atoms with van der Waals surface area (Å²) in [6.07, 6.45) is 3.10. The van der Waals surface area contributed by atoms with Crippen LogP contribution in [0.4, 0.5) is 0 Å². The van der Waals surface area contributed by atoms with E-state index in [1.807, 2.05) is 6.07 Å². The Bertz CT molecular complexity index is 758. The molecule has 0 spiro atoms. The van der Waals surface area contributed by atoms with Gasteiger partial charge in [0.2, 0.25) is 5.91 Å². The van der Waals surface area contributed by atoms with Gasteiger partial charge in [-0.2, -0.15) is 0 Å². The molecule has 2 aromatic carbocycles. The van der Waals surface area contributed by atoms with E-state index in [9.17, 15) is 4.79 Å². The zero-order valence-corrected chi connectivity index (χ0v) is 15.2. The molecule has 2 aromatic rings. The van der Waals surface area contributed by atoms with E-state index in [2.05, 4.69) is 0 Å². The van der Waals surface area contributed by atoms with Gasteiger partial charge in [-0.05, 0) is 35.4 Å². The molecule has 2 nitrogen and oxygen atoms in total. The molecule has 0 heterocycles. The van der Waals surface area contributed by atoms with E-state index in [0.29, 0.717) is 26.6 Å². The van der Waals surface area contributed by atoms with Crippen molar-refractivity contribution >= 4 is 58.4 Å². The fraction of sp³-hybridized carbons (Fsp3) is 0.118. The lowest BCUT2D eigenvalue weighted by atomic mass is 10.2. The molecule has 0 aliphatic heterocycles. The molecule has 0 atom stereocenters. The minimum absolute atomic E-state index is 0.174. The molecule has 2 rings (SSSR count). The number of carbonyl (C=O) groups excluding carboxylic acids is 1. The van der Waals surface area contributed by atoms with Crippen molar-refractivity contribution < 1.29 is 4.79 Å². The maximum absolute atomic E-state index is 12.2. The van der Waals surface area contributed by atoms with Crippen molar-refractivity contribution in [1.29, 1.82) is 0 Å². The van der Waals surface area contributed by atoms with Crippen LogP contribution in [0, 0.1) is 0 Å². The van der Waals surface area contributed by atoms with Gasteiger partial charge < -0.3 is 4.90 Å². The molecule has 0 aliphatic rings. The average molecular weight is 389 g/mol. The number of halogens is 4. The minimum Gasteiger partial charge on any atom is -0.338 e. The Morgan fingerprint density at radius 1 is 1.09 bits per heavy atom. The number of amides is 1. The van der Waals surface area contributed by atoms with E-state index in [1.165, 1.54) is 11.0 Å². The Morgan fingerprint density at radius 3 is 2.52 bits per heavy atom. The quantitative estimate of drug-likeness (QED) is 0.590. The molecule has 0 saturated heterocycles. The highest BCUT2D eigenvalue weighted by atomic mass is 35.5. The van der Waals surface area contributed by atoms with Crippen LogP contribution in [0.3, 0.4) is 0 Å². The fourth-order valence-electron chi connectivity index (χ4n) is 1.93. The van der Waals surface area contributed by atoms with E-state index < -0.39 is 0 Å². The first-order chi connectivity index (χ1) is 10.9. The molecule has 23 heavy (non-hydrogen) atoms. The summed E-state index contributed by atoms with van der Waals surface area (Å²) in [4.78, 5) is 13.7. The van der Waals surface area contributed by atoms with Crippen LogP contribution in [-0.4, -0.2) is 17.9 Å². The molecule has 0 N–H and O–H groups in total. The van der Waals surface area contributed by atoms with E-state index in [4.69, 9.17) is 46.4 Å². The lowest BCUT2D eigenvalue weighted by molar-refractivity contribution is -0.125. The first-order valence-corrected chi connectivity index (χ1v) is 8.21. The highest BCUT2D eigenvalue weighted by Gasteiger charge is 2.10. The van der Waals surface area contributed by atoms with E-state index in [1.54, 1.807) is 43.5 Å². The normalized spacial score (nSPS) is 11.0. The van der Waals surface area contributed by atoms with Crippen molar-refractivity contribution in [3.05, 3.63) is 73.7 Å². The van der Waals surface area contributed by atoms with Gasteiger partial charge in [-0.1, -0.05) is 64.6 Å². The van der Waals surface area contributed by atoms with Crippen molar-refractivity contribution in [1.82, 2.24) is 4.90 Å². The van der Waals surface area contributed by atoms with E-state index in [-0.39, 0.29) is 5.91 Å². The first kappa shape index (κ1) is 18.2. The molecule has 0 bridgehead atoms. The summed E-state index contributed by atoms with van der Waals surface area (Å²) in [5.41, 5.74) is 1.51. The Hall–Kier alpha value is -1.19. The monoisotopic (exact) mass is 387 g/mol.